The van der Waals surface area contributed by atoms with Crippen LogP contribution in [-0.4, -0.2) is 17.7 Å². The van der Waals surface area contributed by atoms with Crippen LogP contribution in [0.2, 0.25) is 0 Å². The van der Waals surface area contributed by atoms with E-state index < -0.39 is 17.5 Å². The zero-order valence-corrected chi connectivity index (χ0v) is 15.3. The molecule has 2 aromatic carbocycles. The fourth-order valence-electron chi connectivity index (χ4n) is 2.14. The Morgan fingerprint density at radius 2 is 1.65 bits per heavy atom. The van der Waals surface area contributed by atoms with Crippen LogP contribution in [0.1, 0.15) is 16.7 Å². The number of halogens is 4. The summed E-state index contributed by atoms with van der Waals surface area (Å²) in [5.74, 6) is 0.318. The molecule has 0 N–H and O–H groups in total. The minimum absolute atomic E-state index is 0.0463. The van der Waals surface area contributed by atoms with Crippen molar-refractivity contribution in [2.75, 3.05) is 11.9 Å². The Balaban J connectivity index is 2.02. The summed E-state index contributed by atoms with van der Waals surface area (Å²) in [6.45, 7) is 0.553. The summed E-state index contributed by atoms with van der Waals surface area (Å²) in [4.78, 5) is 11.9. The van der Waals surface area contributed by atoms with Crippen LogP contribution < -0.4 is 4.74 Å². The molecule has 6 heteroatoms. The largest absolute Gasteiger partial charge is 0.493 e. The minimum atomic E-state index is -4.46. The lowest BCUT2D eigenvalue weighted by Crippen LogP contribution is -2.06. The van der Waals surface area contributed by atoms with E-state index in [1.54, 1.807) is 30.3 Å². The summed E-state index contributed by atoms with van der Waals surface area (Å²) in [5, 5.41) is 0.729. The molecule has 0 unspecified atom stereocenters. The molecule has 0 saturated carbocycles. The van der Waals surface area contributed by atoms with Crippen LogP contribution in [0.25, 0.3) is 12.2 Å². The highest BCUT2D eigenvalue weighted by Gasteiger charge is 2.32. The molecule has 0 aromatic heterocycles. The van der Waals surface area contributed by atoms with E-state index in [9.17, 15) is 18.0 Å². The highest BCUT2D eigenvalue weighted by molar-refractivity contribution is 9.09. The quantitative estimate of drug-likeness (QED) is 0.416. The number of allylic oxidation sites excluding steroid dienone is 2. The van der Waals surface area contributed by atoms with Crippen molar-refractivity contribution < 1.29 is 22.7 Å². The van der Waals surface area contributed by atoms with E-state index in [4.69, 9.17) is 4.74 Å². The first kappa shape index (κ1) is 20.0. The Kier molecular flexibility index (Phi) is 7.21. The van der Waals surface area contributed by atoms with E-state index in [0.29, 0.717) is 6.61 Å². The van der Waals surface area contributed by atoms with E-state index in [-0.39, 0.29) is 5.56 Å². The van der Waals surface area contributed by atoms with Gasteiger partial charge in [-0.3, -0.25) is 4.79 Å². The molecule has 136 valence electrons. The average Bonchev–Trinajstić information content (AvgIpc) is 2.63. The van der Waals surface area contributed by atoms with E-state index in [1.807, 2.05) is 0 Å². The van der Waals surface area contributed by atoms with Crippen molar-refractivity contribution in [2.24, 2.45) is 0 Å². The zero-order chi connectivity index (χ0) is 19.0. The molecule has 0 amide bonds. The number of ether oxygens (including phenoxy) is 1. The van der Waals surface area contributed by atoms with Crippen molar-refractivity contribution in [3.05, 3.63) is 77.4 Å². The van der Waals surface area contributed by atoms with Crippen LogP contribution >= 0.6 is 15.9 Å². The van der Waals surface area contributed by atoms with Crippen LogP contribution in [0, 0.1) is 0 Å². The lowest BCUT2D eigenvalue weighted by atomic mass is 10.1. The van der Waals surface area contributed by atoms with E-state index in [2.05, 4.69) is 15.9 Å². The fraction of sp³-hybridized carbons (Fsp3) is 0.150. The van der Waals surface area contributed by atoms with Crippen molar-refractivity contribution >= 4 is 33.9 Å². The summed E-state index contributed by atoms with van der Waals surface area (Å²) in [7, 11) is 0. The SMILES string of the molecule is O=C(/C=C/c1ccc(OCCBr)cc1)/C=C/c1ccccc1C(F)(F)F. The maximum absolute atomic E-state index is 12.9. The molecular weight excluding hydrogens is 409 g/mol. The number of hydrogen-bond donors (Lipinski definition) is 0. The number of hydrogen-bond acceptors (Lipinski definition) is 2. The Morgan fingerprint density at radius 3 is 2.31 bits per heavy atom. The average molecular weight is 425 g/mol. The highest BCUT2D eigenvalue weighted by atomic mass is 79.9. The molecule has 2 aromatic rings. The van der Waals surface area contributed by atoms with Crippen molar-refractivity contribution in [1.29, 1.82) is 0 Å². The number of ketones is 1. The van der Waals surface area contributed by atoms with Gasteiger partial charge in [-0.05, 0) is 41.5 Å². The van der Waals surface area contributed by atoms with Crippen LogP contribution in [0.3, 0.4) is 0 Å². The molecule has 0 spiro atoms. The summed E-state index contributed by atoms with van der Waals surface area (Å²) >= 11 is 3.27. The van der Waals surface area contributed by atoms with Crippen LogP contribution in [0.4, 0.5) is 13.2 Å². The second kappa shape index (κ2) is 9.38. The lowest BCUT2D eigenvalue weighted by molar-refractivity contribution is -0.137. The highest BCUT2D eigenvalue weighted by Crippen LogP contribution is 2.32. The molecular formula is C20H16BrF3O2. The maximum atomic E-state index is 12.9. The van der Waals surface area contributed by atoms with Crippen molar-refractivity contribution in [1.82, 2.24) is 0 Å². The molecule has 0 bridgehead atoms. The number of carbonyl (C=O) groups is 1. The molecule has 2 rings (SSSR count). The van der Waals surface area contributed by atoms with Gasteiger partial charge in [-0.15, -0.1) is 0 Å². The minimum Gasteiger partial charge on any atom is -0.493 e. The second-order valence-corrected chi connectivity index (χ2v) is 6.05. The van der Waals surface area contributed by atoms with Crippen molar-refractivity contribution in [2.45, 2.75) is 6.18 Å². The van der Waals surface area contributed by atoms with Gasteiger partial charge in [-0.2, -0.15) is 13.2 Å². The lowest BCUT2D eigenvalue weighted by Gasteiger charge is -2.09. The molecule has 0 radical (unpaired) electrons. The Bertz CT molecular complexity index is 793. The predicted octanol–water partition coefficient (Wildman–Crippen LogP) is 5.77. The van der Waals surface area contributed by atoms with Crippen LogP contribution in [0.15, 0.2) is 60.7 Å². The topological polar surface area (TPSA) is 26.3 Å². The molecule has 0 heterocycles. The Morgan fingerprint density at radius 1 is 1.00 bits per heavy atom. The second-order valence-electron chi connectivity index (χ2n) is 5.26. The van der Waals surface area contributed by atoms with Gasteiger partial charge in [-0.25, -0.2) is 0 Å². The van der Waals surface area contributed by atoms with Crippen molar-refractivity contribution in [3.63, 3.8) is 0 Å². The number of alkyl halides is 4. The smallest absolute Gasteiger partial charge is 0.416 e. The first-order valence-corrected chi connectivity index (χ1v) is 8.87. The normalized spacial score (nSPS) is 12.0. The monoisotopic (exact) mass is 424 g/mol. The first-order valence-electron chi connectivity index (χ1n) is 7.75. The maximum Gasteiger partial charge on any atom is 0.416 e. The third-order valence-corrected chi connectivity index (χ3v) is 3.68. The third kappa shape index (κ3) is 6.19. The van der Waals surface area contributed by atoms with Gasteiger partial charge in [0.25, 0.3) is 0 Å². The molecule has 0 aliphatic carbocycles. The van der Waals surface area contributed by atoms with Gasteiger partial charge in [0.05, 0.1) is 12.2 Å². The summed E-state index contributed by atoms with van der Waals surface area (Å²) in [6.07, 6.45) is 0.734. The Labute approximate surface area is 158 Å². The van der Waals surface area contributed by atoms with Gasteiger partial charge in [-0.1, -0.05) is 58.4 Å². The van der Waals surface area contributed by atoms with Gasteiger partial charge in [0.15, 0.2) is 5.78 Å². The first-order chi connectivity index (χ1) is 12.4. The van der Waals surface area contributed by atoms with Crippen LogP contribution in [-0.2, 0) is 11.0 Å². The zero-order valence-electron chi connectivity index (χ0n) is 13.7. The fourth-order valence-corrected chi connectivity index (χ4v) is 2.30. The number of benzene rings is 2. The van der Waals surface area contributed by atoms with E-state index in [0.717, 1.165) is 28.8 Å². The van der Waals surface area contributed by atoms with Crippen molar-refractivity contribution in [3.8, 4) is 5.75 Å². The molecule has 0 aliphatic heterocycles. The Hall–Kier alpha value is -2.34. The standard InChI is InChI=1S/C20H16BrF3O2/c21-13-14-26-18-11-6-15(7-12-18)5-9-17(25)10-8-16-3-1-2-4-19(16)20(22,23)24/h1-12H,13-14H2/b9-5+,10-8+. The van der Waals surface area contributed by atoms with Gasteiger partial charge in [0.1, 0.15) is 5.75 Å². The molecule has 26 heavy (non-hydrogen) atoms. The summed E-state index contributed by atoms with van der Waals surface area (Å²) in [6, 6.07) is 12.2. The molecule has 0 atom stereocenters. The van der Waals surface area contributed by atoms with Gasteiger partial charge in [0.2, 0.25) is 0 Å². The van der Waals surface area contributed by atoms with Crippen LogP contribution in [0.5, 0.6) is 5.75 Å². The van der Waals surface area contributed by atoms with E-state index >= 15 is 0 Å². The van der Waals surface area contributed by atoms with Gasteiger partial charge >= 0.3 is 6.18 Å². The molecule has 0 aliphatic rings. The number of carbonyl (C=O) groups excluding carboxylic acids is 1. The summed E-state index contributed by atoms with van der Waals surface area (Å²) < 4.78 is 44.1. The van der Waals surface area contributed by atoms with E-state index in [1.165, 1.54) is 30.4 Å². The predicted molar refractivity (Wildman–Crippen MR) is 100 cm³/mol. The number of rotatable bonds is 7. The molecule has 2 nitrogen and oxygen atoms in total. The van der Waals surface area contributed by atoms with Gasteiger partial charge in [0, 0.05) is 5.33 Å². The molecule has 0 saturated heterocycles. The summed E-state index contributed by atoms with van der Waals surface area (Å²) in [5.41, 5.74) is -0.0317. The third-order valence-electron chi connectivity index (χ3n) is 3.36. The van der Waals surface area contributed by atoms with Gasteiger partial charge < -0.3 is 4.74 Å². The molecule has 0 fully saturated rings.